The van der Waals surface area contributed by atoms with Crippen molar-refractivity contribution in [3.05, 3.63) is 23.8 Å². The van der Waals surface area contributed by atoms with Crippen molar-refractivity contribution in [3.8, 4) is 11.5 Å². The molecule has 0 fully saturated rings. The standard InChI is InChI=1S/C9H7ClF2O3/c1-14-7-4-5(8(10)13)2-3-6(7)15-9(11)12/h2-4,9H,1H3. The molecule has 1 rings (SSSR count). The fourth-order valence-corrected chi connectivity index (χ4v) is 1.10. The molecule has 0 aliphatic rings. The zero-order chi connectivity index (χ0) is 11.4. The normalized spacial score (nSPS) is 10.2. The maximum Gasteiger partial charge on any atom is 0.387 e. The highest BCUT2D eigenvalue weighted by Gasteiger charge is 2.12. The zero-order valence-corrected chi connectivity index (χ0v) is 8.42. The molecule has 0 unspecified atom stereocenters. The Balaban J connectivity index is 3.03. The van der Waals surface area contributed by atoms with E-state index in [1.807, 2.05) is 0 Å². The summed E-state index contributed by atoms with van der Waals surface area (Å²) in [6, 6.07) is 3.70. The third-order valence-corrected chi connectivity index (χ3v) is 1.82. The number of carbonyl (C=O) groups excluding carboxylic acids is 1. The Morgan fingerprint density at radius 1 is 1.40 bits per heavy atom. The molecular weight excluding hydrogens is 230 g/mol. The third kappa shape index (κ3) is 3.06. The molecule has 0 aliphatic carbocycles. The van der Waals surface area contributed by atoms with Crippen LogP contribution in [0.3, 0.4) is 0 Å². The average Bonchev–Trinajstić information content (AvgIpc) is 2.17. The number of carbonyl (C=O) groups is 1. The first-order chi connectivity index (χ1) is 7.04. The van der Waals surface area contributed by atoms with Crippen LogP contribution in [0.1, 0.15) is 10.4 Å². The minimum absolute atomic E-state index is 0.0294. The van der Waals surface area contributed by atoms with Crippen LogP contribution in [-0.2, 0) is 0 Å². The van der Waals surface area contributed by atoms with Crippen LogP contribution in [-0.4, -0.2) is 19.0 Å². The van der Waals surface area contributed by atoms with Crippen molar-refractivity contribution in [3.63, 3.8) is 0 Å². The molecule has 6 heteroatoms. The van der Waals surface area contributed by atoms with Crippen LogP contribution in [0.15, 0.2) is 18.2 Å². The summed E-state index contributed by atoms with van der Waals surface area (Å²) >= 11 is 5.21. The molecule has 0 spiro atoms. The molecule has 1 aromatic carbocycles. The van der Waals surface area contributed by atoms with Gasteiger partial charge in [0.1, 0.15) is 0 Å². The number of hydrogen-bond donors (Lipinski definition) is 0. The van der Waals surface area contributed by atoms with Gasteiger partial charge in [-0.25, -0.2) is 0 Å². The van der Waals surface area contributed by atoms with Gasteiger partial charge in [0.2, 0.25) is 0 Å². The summed E-state index contributed by atoms with van der Waals surface area (Å²) in [5.41, 5.74) is 0.148. The summed E-state index contributed by atoms with van der Waals surface area (Å²) in [7, 11) is 1.27. The van der Waals surface area contributed by atoms with Crippen molar-refractivity contribution in [2.45, 2.75) is 6.61 Å². The molecule has 0 saturated carbocycles. The molecule has 3 nitrogen and oxygen atoms in total. The molecule has 1 aromatic rings. The summed E-state index contributed by atoms with van der Waals surface area (Å²) in [5, 5.41) is -0.697. The Kier molecular flexibility index (Phi) is 3.85. The van der Waals surface area contributed by atoms with Gasteiger partial charge >= 0.3 is 6.61 Å². The SMILES string of the molecule is COc1cc(C(=O)Cl)ccc1OC(F)F. The van der Waals surface area contributed by atoms with Crippen molar-refractivity contribution in [1.29, 1.82) is 0 Å². The van der Waals surface area contributed by atoms with Crippen molar-refractivity contribution in [2.24, 2.45) is 0 Å². The Bertz CT molecular complexity index is 368. The van der Waals surface area contributed by atoms with Crippen molar-refractivity contribution in [2.75, 3.05) is 7.11 Å². The van der Waals surface area contributed by atoms with E-state index in [4.69, 9.17) is 16.3 Å². The molecule has 0 aliphatic heterocycles. The summed E-state index contributed by atoms with van der Waals surface area (Å²) in [4.78, 5) is 10.8. The summed E-state index contributed by atoms with van der Waals surface area (Å²) in [5.74, 6) is -0.115. The Morgan fingerprint density at radius 2 is 2.07 bits per heavy atom. The fraction of sp³-hybridized carbons (Fsp3) is 0.222. The van der Waals surface area contributed by atoms with E-state index in [1.165, 1.54) is 25.3 Å². The summed E-state index contributed by atoms with van der Waals surface area (Å²) < 4.78 is 32.8. The highest BCUT2D eigenvalue weighted by Crippen LogP contribution is 2.29. The second-order valence-corrected chi connectivity index (χ2v) is 2.86. The van der Waals surface area contributed by atoms with Crippen molar-refractivity contribution < 1.29 is 23.0 Å². The number of hydrogen-bond acceptors (Lipinski definition) is 3. The molecule has 82 valence electrons. The van der Waals surface area contributed by atoms with Crippen LogP contribution >= 0.6 is 11.6 Å². The van der Waals surface area contributed by atoms with Gasteiger partial charge < -0.3 is 9.47 Å². The van der Waals surface area contributed by atoms with Gasteiger partial charge in [-0.3, -0.25) is 4.79 Å². The van der Waals surface area contributed by atoms with E-state index in [1.54, 1.807) is 0 Å². The molecule has 0 atom stereocenters. The Labute approximate surface area is 89.5 Å². The van der Waals surface area contributed by atoms with Gasteiger partial charge in [-0.05, 0) is 29.8 Å². The van der Waals surface area contributed by atoms with E-state index in [0.29, 0.717) is 0 Å². The van der Waals surface area contributed by atoms with E-state index in [9.17, 15) is 13.6 Å². The first-order valence-corrected chi connectivity index (χ1v) is 4.25. The van der Waals surface area contributed by atoms with Gasteiger partial charge in [0.15, 0.2) is 11.5 Å². The Morgan fingerprint density at radius 3 is 2.53 bits per heavy atom. The largest absolute Gasteiger partial charge is 0.493 e. The van der Waals surface area contributed by atoms with E-state index in [-0.39, 0.29) is 17.1 Å². The number of halogens is 3. The van der Waals surface area contributed by atoms with Gasteiger partial charge in [-0.1, -0.05) is 0 Å². The second-order valence-electron chi connectivity index (χ2n) is 2.52. The van der Waals surface area contributed by atoms with Crippen LogP contribution in [0.25, 0.3) is 0 Å². The lowest BCUT2D eigenvalue weighted by molar-refractivity contribution is -0.0512. The summed E-state index contributed by atoms with van der Waals surface area (Å²) in [6.07, 6.45) is 0. The van der Waals surface area contributed by atoms with Gasteiger partial charge in [0.05, 0.1) is 7.11 Å². The fourth-order valence-electron chi connectivity index (χ4n) is 0.983. The minimum Gasteiger partial charge on any atom is -0.493 e. The smallest absolute Gasteiger partial charge is 0.387 e. The third-order valence-electron chi connectivity index (χ3n) is 1.61. The predicted octanol–water partition coefficient (Wildman–Crippen LogP) is 2.68. The number of ether oxygens (including phenoxy) is 2. The Hall–Kier alpha value is -1.36. The minimum atomic E-state index is -2.95. The van der Waals surface area contributed by atoms with E-state index in [0.717, 1.165) is 0 Å². The molecule has 15 heavy (non-hydrogen) atoms. The van der Waals surface area contributed by atoms with Gasteiger partial charge in [-0.2, -0.15) is 8.78 Å². The predicted molar refractivity (Wildman–Crippen MR) is 49.8 cm³/mol. The van der Waals surface area contributed by atoms with E-state index >= 15 is 0 Å². The number of alkyl halides is 2. The van der Waals surface area contributed by atoms with Crippen molar-refractivity contribution >= 4 is 16.8 Å². The number of methoxy groups -OCH3 is 1. The van der Waals surface area contributed by atoms with Gasteiger partial charge in [0, 0.05) is 5.56 Å². The van der Waals surface area contributed by atoms with Crippen molar-refractivity contribution in [1.82, 2.24) is 0 Å². The quantitative estimate of drug-likeness (QED) is 0.754. The van der Waals surface area contributed by atoms with Crippen LogP contribution in [0, 0.1) is 0 Å². The van der Waals surface area contributed by atoms with Crippen LogP contribution in [0.5, 0.6) is 11.5 Å². The molecule has 0 saturated heterocycles. The van der Waals surface area contributed by atoms with Gasteiger partial charge in [-0.15, -0.1) is 0 Å². The summed E-state index contributed by atoms with van der Waals surface area (Å²) in [6.45, 7) is -2.95. The van der Waals surface area contributed by atoms with Gasteiger partial charge in [0.25, 0.3) is 5.24 Å². The lowest BCUT2D eigenvalue weighted by atomic mass is 10.2. The molecular formula is C9H7ClF2O3. The monoisotopic (exact) mass is 236 g/mol. The molecule has 0 aromatic heterocycles. The van der Waals surface area contributed by atoms with Crippen LogP contribution < -0.4 is 9.47 Å². The molecule has 0 radical (unpaired) electrons. The average molecular weight is 237 g/mol. The van der Waals surface area contributed by atoms with Crippen LogP contribution in [0.2, 0.25) is 0 Å². The second kappa shape index (κ2) is 4.93. The topological polar surface area (TPSA) is 35.5 Å². The molecule has 0 bridgehead atoms. The first kappa shape index (κ1) is 11.7. The zero-order valence-electron chi connectivity index (χ0n) is 7.67. The lowest BCUT2D eigenvalue weighted by Crippen LogP contribution is -2.04. The highest BCUT2D eigenvalue weighted by atomic mass is 35.5. The van der Waals surface area contributed by atoms with Crippen LogP contribution in [0.4, 0.5) is 8.78 Å². The van der Waals surface area contributed by atoms with E-state index < -0.39 is 11.9 Å². The highest BCUT2D eigenvalue weighted by molar-refractivity contribution is 6.67. The lowest BCUT2D eigenvalue weighted by Gasteiger charge is -2.09. The number of rotatable bonds is 4. The molecule has 0 N–H and O–H groups in total. The molecule has 0 heterocycles. The number of benzene rings is 1. The molecule has 0 amide bonds. The maximum absolute atomic E-state index is 11.9. The maximum atomic E-state index is 11.9. The van der Waals surface area contributed by atoms with E-state index in [2.05, 4.69) is 4.74 Å². The first-order valence-electron chi connectivity index (χ1n) is 3.87.